The molecule has 0 spiro atoms. The van der Waals surface area contributed by atoms with E-state index in [9.17, 15) is 9.18 Å². The Morgan fingerprint density at radius 2 is 2.00 bits per heavy atom. The van der Waals surface area contributed by atoms with E-state index in [1.807, 2.05) is 0 Å². The van der Waals surface area contributed by atoms with Crippen LogP contribution in [-0.2, 0) is 11.8 Å². The molecule has 0 aliphatic carbocycles. The molecule has 0 aliphatic heterocycles. The van der Waals surface area contributed by atoms with Gasteiger partial charge in [0.1, 0.15) is 5.82 Å². The summed E-state index contributed by atoms with van der Waals surface area (Å²) in [6.45, 7) is 1.60. The highest BCUT2D eigenvalue weighted by Crippen LogP contribution is 2.23. The lowest BCUT2D eigenvalue weighted by atomic mass is 10.1. The zero-order chi connectivity index (χ0) is 13.3. The van der Waals surface area contributed by atoms with E-state index in [-0.39, 0.29) is 5.82 Å². The molecule has 0 aliphatic rings. The van der Waals surface area contributed by atoms with Crippen LogP contribution in [0.1, 0.15) is 18.5 Å². The summed E-state index contributed by atoms with van der Waals surface area (Å²) in [6.07, 6.45) is 0. The monoisotopic (exact) mass is 248 g/mol. The Morgan fingerprint density at radius 3 is 2.56 bits per heavy atom. The third kappa shape index (κ3) is 2.25. The number of carbonyl (C=O) groups is 1. The van der Waals surface area contributed by atoms with Crippen molar-refractivity contribution in [3.05, 3.63) is 41.8 Å². The second-order valence-corrected chi connectivity index (χ2v) is 4.14. The molecule has 4 nitrogen and oxygen atoms in total. The summed E-state index contributed by atoms with van der Waals surface area (Å²) in [6, 6.07) is 7.65. The molecule has 5 heteroatoms. The van der Waals surface area contributed by atoms with E-state index < -0.39 is 11.9 Å². The quantitative estimate of drug-likeness (QED) is 0.907. The van der Waals surface area contributed by atoms with Gasteiger partial charge in [-0.25, -0.2) is 4.39 Å². The Kier molecular flexibility index (Phi) is 3.14. The first-order valence-corrected chi connectivity index (χ1v) is 5.51. The summed E-state index contributed by atoms with van der Waals surface area (Å²) in [4.78, 5) is 11.0. The number of aryl methyl sites for hydroxylation is 1. The maximum atomic E-state index is 12.8. The van der Waals surface area contributed by atoms with Gasteiger partial charge in [-0.2, -0.15) is 5.10 Å². The van der Waals surface area contributed by atoms with Gasteiger partial charge < -0.3 is 5.11 Å². The maximum Gasteiger partial charge on any atom is 0.312 e. The van der Waals surface area contributed by atoms with E-state index in [1.165, 1.54) is 16.8 Å². The standard InChI is InChI=1S/C13H13FN2O2/c1-8(13(17)18)12-7-11(15-16(12)2)9-3-5-10(14)6-4-9/h3-8H,1-2H3,(H,17,18). The molecule has 1 unspecified atom stereocenters. The SMILES string of the molecule is CC(C(=O)O)c1cc(-c2ccc(F)cc2)nn1C. The lowest BCUT2D eigenvalue weighted by molar-refractivity contribution is -0.138. The number of rotatable bonds is 3. The molecule has 0 fully saturated rings. The first-order valence-electron chi connectivity index (χ1n) is 5.51. The smallest absolute Gasteiger partial charge is 0.312 e. The summed E-state index contributed by atoms with van der Waals surface area (Å²) >= 11 is 0. The largest absolute Gasteiger partial charge is 0.481 e. The minimum atomic E-state index is -0.899. The third-order valence-corrected chi connectivity index (χ3v) is 2.87. The fourth-order valence-corrected chi connectivity index (χ4v) is 1.78. The van der Waals surface area contributed by atoms with Gasteiger partial charge in [-0.3, -0.25) is 9.48 Å². The lowest BCUT2D eigenvalue weighted by Gasteiger charge is -2.04. The average Bonchev–Trinajstić information content (AvgIpc) is 2.71. The summed E-state index contributed by atoms with van der Waals surface area (Å²) in [5, 5.41) is 13.2. The topological polar surface area (TPSA) is 55.1 Å². The second-order valence-electron chi connectivity index (χ2n) is 4.14. The van der Waals surface area contributed by atoms with Gasteiger partial charge in [-0.15, -0.1) is 0 Å². The van der Waals surface area contributed by atoms with Crippen molar-refractivity contribution >= 4 is 5.97 Å². The van der Waals surface area contributed by atoms with Gasteiger partial charge in [0.25, 0.3) is 0 Å². The number of halogens is 1. The highest BCUT2D eigenvalue weighted by Gasteiger charge is 2.19. The summed E-state index contributed by atoms with van der Waals surface area (Å²) in [5.74, 6) is -1.84. The van der Waals surface area contributed by atoms with Crippen LogP contribution in [0.5, 0.6) is 0 Å². The third-order valence-electron chi connectivity index (χ3n) is 2.87. The molecule has 1 heterocycles. The van der Waals surface area contributed by atoms with Crippen LogP contribution in [0.2, 0.25) is 0 Å². The highest BCUT2D eigenvalue weighted by molar-refractivity contribution is 5.75. The minimum absolute atomic E-state index is 0.311. The van der Waals surface area contributed by atoms with Gasteiger partial charge in [0.05, 0.1) is 17.3 Å². The van der Waals surface area contributed by atoms with E-state index in [1.54, 1.807) is 32.2 Å². The van der Waals surface area contributed by atoms with Crippen molar-refractivity contribution in [3.8, 4) is 11.3 Å². The molecule has 0 bridgehead atoms. The van der Waals surface area contributed by atoms with E-state index >= 15 is 0 Å². The van der Waals surface area contributed by atoms with Crippen LogP contribution in [0.4, 0.5) is 4.39 Å². The van der Waals surface area contributed by atoms with Crippen LogP contribution in [0, 0.1) is 5.82 Å². The molecule has 2 rings (SSSR count). The van der Waals surface area contributed by atoms with Crippen molar-refractivity contribution in [3.63, 3.8) is 0 Å². The molecule has 1 N–H and O–H groups in total. The average molecular weight is 248 g/mol. The van der Waals surface area contributed by atoms with E-state index in [0.717, 1.165) is 5.56 Å². The molecule has 0 amide bonds. The van der Waals surface area contributed by atoms with Gasteiger partial charge in [0.2, 0.25) is 0 Å². The second kappa shape index (κ2) is 4.60. The predicted molar refractivity (Wildman–Crippen MR) is 64.7 cm³/mol. The minimum Gasteiger partial charge on any atom is -0.481 e. The molecule has 0 saturated heterocycles. The summed E-state index contributed by atoms with van der Waals surface area (Å²) in [7, 11) is 1.70. The van der Waals surface area contributed by atoms with Crippen LogP contribution in [0.3, 0.4) is 0 Å². The van der Waals surface area contributed by atoms with Crippen molar-refractivity contribution < 1.29 is 14.3 Å². The summed E-state index contributed by atoms with van der Waals surface area (Å²) in [5.41, 5.74) is 2.01. The molecule has 1 aromatic heterocycles. The first-order chi connectivity index (χ1) is 8.49. The predicted octanol–water partition coefficient (Wildman–Crippen LogP) is 2.41. The van der Waals surface area contributed by atoms with Crippen LogP contribution in [-0.4, -0.2) is 20.9 Å². The van der Waals surface area contributed by atoms with E-state index in [0.29, 0.717) is 11.4 Å². The zero-order valence-electron chi connectivity index (χ0n) is 10.1. The molecule has 94 valence electrons. The number of carboxylic acid groups (broad SMARTS) is 1. The van der Waals surface area contributed by atoms with Gasteiger partial charge in [-0.05, 0) is 37.3 Å². The molecular weight excluding hydrogens is 235 g/mol. The lowest BCUT2D eigenvalue weighted by Crippen LogP contribution is -2.11. The Bertz CT molecular complexity index is 575. The number of aliphatic carboxylic acids is 1. The van der Waals surface area contributed by atoms with Crippen molar-refractivity contribution in [2.45, 2.75) is 12.8 Å². The number of hydrogen-bond acceptors (Lipinski definition) is 2. The van der Waals surface area contributed by atoms with Crippen LogP contribution in [0.15, 0.2) is 30.3 Å². The maximum absolute atomic E-state index is 12.8. The van der Waals surface area contributed by atoms with E-state index in [4.69, 9.17) is 5.11 Å². The fraction of sp³-hybridized carbons (Fsp3) is 0.231. The molecule has 0 radical (unpaired) electrons. The van der Waals surface area contributed by atoms with Crippen LogP contribution >= 0.6 is 0 Å². The zero-order valence-corrected chi connectivity index (χ0v) is 10.1. The number of carboxylic acids is 1. The Hall–Kier alpha value is -2.17. The van der Waals surface area contributed by atoms with E-state index in [2.05, 4.69) is 5.10 Å². The molecule has 1 atom stereocenters. The van der Waals surface area contributed by atoms with Gasteiger partial charge in [0.15, 0.2) is 0 Å². The number of aromatic nitrogens is 2. The molecule has 0 saturated carbocycles. The van der Waals surface area contributed by atoms with Crippen molar-refractivity contribution in [1.29, 1.82) is 0 Å². The highest BCUT2D eigenvalue weighted by atomic mass is 19.1. The van der Waals surface area contributed by atoms with Gasteiger partial charge in [-0.1, -0.05) is 0 Å². The number of benzene rings is 1. The normalized spacial score (nSPS) is 12.4. The summed E-state index contributed by atoms with van der Waals surface area (Å²) < 4.78 is 14.4. The Balaban J connectivity index is 2.40. The fourth-order valence-electron chi connectivity index (χ4n) is 1.78. The molecule has 2 aromatic rings. The van der Waals surface area contributed by atoms with Crippen molar-refractivity contribution in [2.24, 2.45) is 7.05 Å². The Morgan fingerprint density at radius 1 is 1.39 bits per heavy atom. The molecule has 1 aromatic carbocycles. The molecular formula is C13H13FN2O2. The van der Waals surface area contributed by atoms with Crippen LogP contribution in [0.25, 0.3) is 11.3 Å². The van der Waals surface area contributed by atoms with Crippen molar-refractivity contribution in [1.82, 2.24) is 9.78 Å². The van der Waals surface area contributed by atoms with Crippen LogP contribution < -0.4 is 0 Å². The number of hydrogen-bond donors (Lipinski definition) is 1. The number of nitrogens with zero attached hydrogens (tertiary/aromatic N) is 2. The van der Waals surface area contributed by atoms with Gasteiger partial charge in [0, 0.05) is 12.6 Å². The first kappa shape index (κ1) is 12.3. The molecule has 18 heavy (non-hydrogen) atoms. The van der Waals surface area contributed by atoms with Crippen molar-refractivity contribution in [2.75, 3.05) is 0 Å². The Labute approximate surface area is 104 Å². The van der Waals surface area contributed by atoms with Gasteiger partial charge >= 0.3 is 5.97 Å².